The van der Waals surface area contributed by atoms with Gasteiger partial charge in [0.15, 0.2) is 0 Å². The summed E-state index contributed by atoms with van der Waals surface area (Å²) in [6.07, 6.45) is -1.03. The Morgan fingerprint density at radius 3 is 2.43 bits per heavy atom. The Kier molecular flexibility index (Phi) is 4.78. The Morgan fingerprint density at radius 1 is 1.18 bits per heavy atom. The van der Waals surface area contributed by atoms with Gasteiger partial charge >= 0.3 is 6.09 Å². The number of rotatable bonds is 2. The average Bonchev–Trinajstić information content (AvgIpc) is 2.86. The minimum Gasteiger partial charge on any atom is -0.465 e. The van der Waals surface area contributed by atoms with Crippen LogP contribution in [0.1, 0.15) is 41.5 Å². The van der Waals surface area contributed by atoms with Gasteiger partial charge in [0, 0.05) is 25.3 Å². The second-order valence-corrected chi connectivity index (χ2v) is 8.16. The molecule has 9 nitrogen and oxygen atoms in total. The number of anilines is 1. The number of carbonyl (C=O) groups excluding carboxylic acids is 3. The largest absolute Gasteiger partial charge is 0.465 e. The molecule has 0 bridgehead atoms. The maximum Gasteiger partial charge on any atom is 0.407 e. The summed E-state index contributed by atoms with van der Waals surface area (Å²) in [4.78, 5) is 53.2. The lowest BCUT2D eigenvalue weighted by Gasteiger charge is -2.46. The van der Waals surface area contributed by atoms with Gasteiger partial charge < -0.3 is 20.6 Å². The lowest BCUT2D eigenvalue weighted by molar-refractivity contribution is -0.135. The van der Waals surface area contributed by atoms with Crippen LogP contribution in [0.15, 0.2) is 18.2 Å². The van der Waals surface area contributed by atoms with Gasteiger partial charge in [-0.3, -0.25) is 19.3 Å². The Morgan fingerprint density at radius 2 is 1.86 bits per heavy atom. The zero-order valence-electron chi connectivity index (χ0n) is 16.1. The predicted molar refractivity (Wildman–Crippen MR) is 101 cm³/mol. The molecule has 0 aromatic heterocycles. The quantitative estimate of drug-likeness (QED) is 0.577. The third-order valence-electron chi connectivity index (χ3n) is 5.30. The highest BCUT2D eigenvalue weighted by Gasteiger charge is 2.42. The molecule has 0 aliphatic carbocycles. The minimum atomic E-state index is -1.03. The molecule has 3 rings (SSSR count). The number of nitrogen functional groups attached to an aromatic ring is 1. The Bertz CT molecular complexity index is 860. The van der Waals surface area contributed by atoms with Crippen molar-refractivity contribution < 1.29 is 24.3 Å². The molecule has 9 heteroatoms. The maximum absolute atomic E-state index is 12.8. The van der Waals surface area contributed by atoms with E-state index < -0.39 is 30.4 Å². The number of benzene rings is 1. The lowest BCUT2D eigenvalue weighted by atomic mass is 9.84. The van der Waals surface area contributed by atoms with E-state index in [0.29, 0.717) is 0 Å². The van der Waals surface area contributed by atoms with Crippen molar-refractivity contribution in [2.75, 3.05) is 31.9 Å². The second kappa shape index (κ2) is 6.81. The van der Waals surface area contributed by atoms with Crippen LogP contribution in [0.5, 0.6) is 0 Å². The molecule has 1 atom stereocenters. The summed E-state index contributed by atoms with van der Waals surface area (Å²) in [6.45, 7) is 5.94. The molecule has 1 fully saturated rings. The summed E-state index contributed by atoms with van der Waals surface area (Å²) in [5.74, 6) is -1.52. The van der Waals surface area contributed by atoms with Crippen molar-refractivity contribution >= 4 is 29.5 Å². The van der Waals surface area contributed by atoms with Crippen LogP contribution in [-0.4, -0.2) is 75.8 Å². The van der Waals surface area contributed by atoms with Crippen LogP contribution in [0, 0.1) is 5.41 Å². The number of carboxylic acid groups (broad SMARTS) is 1. The molecule has 4 amide bonds. The number of hydrogen-bond donors (Lipinski definition) is 2. The number of amides is 4. The standard InChI is InChI=1S/C19H24N4O5/c1-19(2,3)13-9-21(7-8-22(13)18(27)28)14(24)10-23-16(25)11-5-4-6-12(20)15(11)17(23)26/h4-6,13H,7-10,20H2,1-3H3,(H,27,28). The number of fused-ring (bicyclic) bond motifs is 1. The van der Waals surface area contributed by atoms with E-state index in [1.54, 1.807) is 6.07 Å². The van der Waals surface area contributed by atoms with E-state index in [1.165, 1.54) is 21.9 Å². The number of hydrogen-bond acceptors (Lipinski definition) is 5. The van der Waals surface area contributed by atoms with Crippen molar-refractivity contribution in [2.24, 2.45) is 5.41 Å². The summed E-state index contributed by atoms with van der Waals surface area (Å²) >= 11 is 0. The van der Waals surface area contributed by atoms with Crippen LogP contribution in [0.25, 0.3) is 0 Å². The van der Waals surface area contributed by atoms with Gasteiger partial charge in [-0.1, -0.05) is 26.8 Å². The molecule has 0 radical (unpaired) electrons. The number of carbonyl (C=O) groups is 4. The zero-order valence-corrected chi connectivity index (χ0v) is 16.1. The molecule has 150 valence electrons. The van der Waals surface area contributed by atoms with Crippen molar-refractivity contribution in [1.82, 2.24) is 14.7 Å². The van der Waals surface area contributed by atoms with E-state index in [1.807, 2.05) is 20.8 Å². The molecule has 28 heavy (non-hydrogen) atoms. The third kappa shape index (κ3) is 3.28. The van der Waals surface area contributed by atoms with Crippen molar-refractivity contribution in [3.8, 4) is 0 Å². The molecule has 2 heterocycles. The Balaban J connectivity index is 1.76. The van der Waals surface area contributed by atoms with E-state index >= 15 is 0 Å². The number of piperazine rings is 1. The molecule has 0 saturated carbocycles. The first-order valence-corrected chi connectivity index (χ1v) is 9.04. The monoisotopic (exact) mass is 388 g/mol. The van der Waals surface area contributed by atoms with Gasteiger partial charge in [0.05, 0.1) is 17.2 Å². The van der Waals surface area contributed by atoms with Crippen LogP contribution in [0.3, 0.4) is 0 Å². The van der Waals surface area contributed by atoms with E-state index in [0.717, 1.165) is 4.90 Å². The summed E-state index contributed by atoms with van der Waals surface area (Å²) in [5.41, 5.74) is 5.97. The molecular weight excluding hydrogens is 364 g/mol. The molecule has 1 saturated heterocycles. The smallest absolute Gasteiger partial charge is 0.407 e. The van der Waals surface area contributed by atoms with Gasteiger partial charge in [0.1, 0.15) is 6.54 Å². The van der Waals surface area contributed by atoms with Crippen molar-refractivity contribution in [1.29, 1.82) is 0 Å². The first-order valence-electron chi connectivity index (χ1n) is 9.04. The van der Waals surface area contributed by atoms with Crippen LogP contribution in [-0.2, 0) is 4.79 Å². The normalized spacial score (nSPS) is 19.8. The number of imide groups is 1. The predicted octanol–water partition coefficient (Wildman–Crippen LogP) is 1.10. The molecule has 3 N–H and O–H groups in total. The Labute approximate surface area is 162 Å². The maximum atomic E-state index is 12.8. The average molecular weight is 388 g/mol. The van der Waals surface area contributed by atoms with E-state index in [9.17, 15) is 24.3 Å². The van der Waals surface area contributed by atoms with Gasteiger partial charge in [-0.2, -0.15) is 0 Å². The van der Waals surface area contributed by atoms with E-state index in [4.69, 9.17) is 5.73 Å². The lowest BCUT2D eigenvalue weighted by Crippen LogP contribution is -2.61. The number of nitrogens with two attached hydrogens (primary N) is 1. The van der Waals surface area contributed by atoms with Gasteiger partial charge in [0.25, 0.3) is 11.8 Å². The topological polar surface area (TPSA) is 124 Å². The summed E-state index contributed by atoms with van der Waals surface area (Å²) in [6, 6.07) is 4.25. The van der Waals surface area contributed by atoms with E-state index in [2.05, 4.69) is 0 Å². The molecule has 1 aromatic rings. The Hall–Kier alpha value is -3.10. The highest BCUT2D eigenvalue weighted by atomic mass is 16.4. The summed E-state index contributed by atoms with van der Waals surface area (Å²) < 4.78 is 0. The molecule has 0 spiro atoms. The molecule has 1 aromatic carbocycles. The first kappa shape index (κ1) is 19.7. The fourth-order valence-corrected chi connectivity index (χ4v) is 3.72. The van der Waals surface area contributed by atoms with Gasteiger partial charge in [0.2, 0.25) is 5.91 Å². The van der Waals surface area contributed by atoms with Crippen LogP contribution < -0.4 is 5.73 Å². The van der Waals surface area contributed by atoms with Crippen LogP contribution in [0.2, 0.25) is 0 Å². The van der Waals surface area contributed by atoms with Gasteiger partial charge in [-0.25, -0.2) is 4.79 Å². The molecule has 2 aliphatic heterocycles. The van der Waals surface area contributed by atoms with Gasteiger partial charge in [-0.15, -0.1) is 0 Å². The van der Waals surface area contributed by atoms with E-state index in [-0.39, 0.29) is 47.9 Å². The molecule has 1 unspecified atom stereocenters. The van der Waals surface area contributed by atoms with Crippen molar-refractivity contribution in [3.05, 3.63) is 29.3 Å². The highest BCUT2D eigenvalue weighted by molar-refractivity contribution is 6.24. The highest BCUT2D eigenvalue weighted by Crippen LogP contribution is 2.29. The number of nitrogens with zero attached hydrogens (tertiary/aromatic N) is 3. The van der Waals surface area contributed by atoms with Crippen LogP contribution >= 0.6 is 0 Å². The summed E-state index contributed by atoms with van der Waals surface area (Å²) in [5, 5.41) is 9.44. The summed E-state index contributed by atoms with van der Waals surface area (Å²) in [7, 11) is 0. The van der Waals surface area contributed by atoms with Crippen molar-refractivity contribution in [3.63, 3.8) is 0 Å². The SMILES string of the molecule is CC(C)(C)C1CN(C(=O)CN2C(=O)c3cccc(N)c3C2=O)CCN1C(=O)O. The third-order valence-corrected chi connectivity index (χ3v) is 5.30. The first-order chi connectivity index (χ1) is 13.0. The van der Waals surface area contributed by atoms with Crippen molar-refractivity contribution in [2.45, 2.75) is 26.8 Å². The fourth-order valence-electron chi connectivity index (χ4n) is 3.72. The second-order valence-electron chi connectivity index (χ2n) is 8.16. The minimum absolute atomic E-state index is 0.128. The van der Waals surface area contributed by atoms with Crippen LogP contribution in [0.4, 0.5) is 10.5 Å². The fraction of sp³-hybridized carbons (Fsp3) is 0.474. The molecule has 2 aliphatic rings. The zero-order chi connectivity index (χ0) is 20.8. The molecular formula is C19H24N4O5. The van der Waals surface area contributed by atoms with Gasteiger partial charge in [-0.05, 0) is 17.5 Å².